The maximum atomic E-state index is 12.7. The first-order valence-electron chi connectivity index (χ1n) is 8.66. The van der Waals surface area contributed by atoms with Crippen LogP contribution in [-0.2, 0) is 9.84 Å². The lowest BCUT2D eigenvalue weighted by Crippen LogP contribution is -2.29. The average molecular weight is 406 g/mol. The predicted octanol–water partition coefficient (Wildman–Crippen LogP) is 1.47. The summed E-state index contributed by atoms with van der Waals surface area (Å²) in [7, 11) is -1.96. The average Bonchev–Trinajstić information content (AvgIpc) is 2.96. The second-order valence-electron chi connectivity index (χ2n) is 6.41. The molecule has 1 unspecified atom stereocenters. The molecule has 3 aromatic heterocycles. The second kappa shape index (κ2) is 7.63. The summed E-state index contributed by atoms with van der Waals surface area (Å²) >= 11 is 0. The van der Waals surface area contributed by atoms with Gasteiger partial charge in [0, 0.05) is 12.5 Å². The maximum absolute atomic E-state index is 12.7. The molecular formula is C18H22N4O5S. The van der Waals surface area contributed by atoms with Crippen molar-refractivity contribution in [2.24, 2.45) is 0 Å². The van der Waals surface area contributed by atoms with Gasteiger partial charge in [-0.1, -0.05) is 0 Å². The normalized spacial score (nSPS) is 12.9. The van der Waals surface area contributed by atoms with Crippen LogP contribution in [0.25, 0.3) is 11.2 Å². The summed E-state index contributed by atoms with van der Waals surface area (Å²) in [6.45, 7) is 4.00. The van der Waals surface area contributed by atoms with Crippen LogP contribution in [0.5, 0.6) is 11.6 Å². The van der Waals surface area contributed by atoms with E-state index in [2.05, 4.69) is 15.0 Å². The number of aromatic nitrogens is 4. The topological polar surface area (TPSA) is 116 Å². The van der Waals surface area contributed by atoms with Crippen LogP contribution in [0.1, 0.15) is 24.2 Å². The number of ether oxygens (including phenoxy) is 2. The van der Waals surface area contributed by atoms with Gasteiger partial charge in [0.25, 0.3) is 5.88 Å². The zero-order valence-electron chi connectivity index (χ0n) is 16.1. The Morgan fingerprint density at radius 1 is 1.29 bits per heavy atom. The molecule has 28 heavy (non-hydrogen) atoms. The minimum absolute atomic E-state index is 0.234. The third-order valence-electron chi connectivity index (χ3n) is 4.28. The van der Waals surface area contributed by atoms with Crippen LogP contribution in [0.4, 0.5) is 0 Å². The van der Waals surface area contributed by atoms with Gasteiger partial charge in [0.05, 0.1) is 36.7 Å². The number of imidazole rings is 1. The Balaban J connectivity index is 2.25. The summed E-state index contributed by atoms with van der Waals surface area (Å²) in [6.07, 6.45) is 2.69. The van der Waals surface area contributed by atoms with Crippen LogP contribution in [0.15, 0.2) is 29.2 Å². The van der Waals surface area contributed by atoms with Gasteiger partial charge in [-0.05, 0) is 37.6 Å². The van der Waals surface area contributed by atoms with Crippen molar-refractivity contribution in [3.63, 3.8) is 0 Å². The van der Waals surface area contributed by atoms with Gasteiger partial charge in [0.15, 0.2) is 11.4 Å². The highest BCUT2D eigenvalue weighted by molar-refractivity contribution is 7.90. The third kappa shape index (κ3) is 3.86. The monoisotopic (exact) mass is 406 g/mol. The smallest absolute Gasteiger partial charge is 0.328 e. The molecule has 1 atom stereocenters. The summed E-state index contributed by atoms with van der Waals surface area (Å²) < 4.78 is 36.3. The number of H-pyrrole nitrogens is 1. The quantitative estimate of drug-likeness (QED) is 0.631. The fraction of sp³-hybridized carbons (Fsp3) is 0.389. The molecule has 0 fully saturated rings. The Kier molecular flexibility index (Phi) is 5.41. The Labute approximate surface area is 162 Å². The molecule has 3 rings (SSSR count). The lowest BCUT2D eigenvalue weighted by Gasteiger charge is -2.19. The Bertz CT molecular complexity index is 1170. The molecular weight excluding hydrogens is 384 g/mol. The van der Waals surface area contributed by atoms with E-state index in [-0.39, 0.29) is 11.6 Å². The van der Waals surface area contributed by atoms with E-state index in [1.54, 1.807) is 31.3 Å². The van der Waals surface area contributed by atoms with E-state index in [1.807, 2.05) is 6.92 Å². The molecule has 0 aliphatic carbocycles. The molecule has 0 aliphatic heterocycles. The number of nitrogens with zero attached hydrogens (tertiary/aromatic N) is 3. The van der Waals surface area contributed by atoms with Crippen molar-refractivity contribution in [3.8, 4) is 11.6 Å². The number of methoxy groups -OCH3 is 1. The van der Waals surface area contributed by atoms with Crippen molar-refractivity contribution < 1.29 is 17.9 Å². The molecule has 0 amide bonds. The van der Waals surface area contributed by atoms with Gasteiger partial charge in [-0.15, -0.1) is 0 Å². The predicted molar refractivity (Wildman–Crippen MR) is 105 cm³/mol. The summed E-state index contributed by atoms with van der Waals surface area (Å²) in [5.41, 5.74) is 1.66. The first-order valence-corrected chi connectivity index (χ1v) is 10.7. The van der Waals surface area contributed by atoms with Crippen LogP contribution >= 0.6 is 0 Å². The Morgan fingerprint density at radius 3 is 2.68 bits per heavy atom. The van der Waals surface area contributed by atoms with E-state index in [0.717, 1.165) is 11.8 Å². The van der Waals surface area contributed by atoms with Crippen LogP contribution < -0.4 is 15.2 Å². The lowest BCUT2D eigenvalue weighted by molar-refractivity contribution is 0.296. The van der Waals surface area contributed by atoms with Crippen molar-refractivity contribution in [3.05, 3.63) is 46.1 Å². The van der Waals surface area contributed by atoms with Crippen LogP contribution in [0.2, 0.25) is 0 Å². The highest BCUT2D eigenvalue weighted by Crippen LogP contribution is 2.29. The molecule has 150 valence electrons. The molecule has 0 aromatic carbocycles. The van der Waals surface area contributed by atoms with Gasteiger partial charge in [0.2, 0.25) is 0 Å². The van der Waals surface area contributed by atoms with Crippen molar-refractivity contribution in [1.29, 1.82) is 0 Å². The fourth-order valence-corrected chi connectivity index (χ4v) is 3.93. The largest absolute Gasteiger partial charge is 0.491 e. The molecule has 0 saturated heterocycles. The van der Waals surface area contributed by atoms with Crippen LogP contribution in [-0.4, -0.2) is 53.7 Å². The summed E-state index contributed by atoms with van der Waals surface area (Å²) in [5, 5.41) is 0. The number of rotatable bonds is 7. The molecule has 0 bridgehead atoms. The molecule has 0 spiro atoms. The zero-order chi connectivity index (χ0) is 20.5. The van der Waals surface area contributed by atoms with Gasteiger partial charge in [-0.25, -0.2) is 23.2 Å². The van der Waals surface area contributed by atoms with Gasteiger partial charge in [-0.2, -0.15) is 0 Å². The minimum atomic E-state index is -3.45. The summed E-state index contributed by atoms with van der Waals surface area (Å²) in [6, 6.07) is 4.16. The zero-order valence-corrected chi connectivity index (χ0v) is 16.9. The van der Waals surface area contributed by atoms with Crippen LogP contribution in [0, 0.1) is 6.92 Å². The minimum Gasteiger partial charge on any atom is -0.491 e. The van der Waals surface area contributed by atoms with E-state index in [1.165, 1.54) is 11.7 Å². The molecule has 0 aliphatic rings. The molecule has 1 N–H and O–H groups in total. The first kappa shape index (κ1) is 19.9. The van der Waals surface area contributed by atoms with E-state index in [0.29, 0.717) is 29.2 Å². The van der Waals surface area contributed by atoms with Crippen molar-refractivity contribution in [1.82, 2.24) is 19.5 Å². The third-order valence-corrected chi connectivity index (χ3v) is 5.20. The molecule has 9 nitrogen and oxygen atoms in total. The molecule has 10 heteroatoms. The molecule has 0 saturated carbocycles. The number of aryl methyl sites for hydroxylation is 1. The lowest BCUT2D eigenvalue weighted by atomic mass is 10.2. The van der Waals surface area contributed by atoms with Crippen LogP contribution in [0.3, 0.4) is 0 Å². The molecule has 3 heterocycles. The summed E-state index contributed by atoms with van der Waals surface area (Å²) in [4.78, 5) is 24.2. The van der Waals surface area contributed by atoms with E-state index in [4.69, 9.17) is 9.47 Å². The van der Waals surface area contributed by atoms with Gasteiger partial charge < -0.3 is 14.5 Å². The number of hydrogen-bond donors (Lipinski definition) is 1. The van der Waals surface area contributed by atoms with Crippen molar-refractivity contribution in [2.75, 3.05) is 25.7 Å². The first-order chi connectivity index (χ1) is 13.2. The SMILES string of the molecule is CCOc1nc(C(CS(C)(=O)=O)n2c(=O)[nH]c3c(C)ccnc32)ccc1OC. The number of hydrogen-bond acceptors (Lipinski definition) is 7. The highest BCUT2D eigenvalue weighted by atomic mass is 32.2. The Hall–Kier alpha value is -2.88. The van der Waals surface area contributed by atoms with Gasteiger partial charge in [-0.3, -0.25) is 4.57 Å². The molecule has 3 aromatic rings. The second-order valence-corrected chi connectivity index (χ2v) is 8.60. The van der Waals surface area contributed by atoms with Gasteiger partial charge in [0.1, 0.15) is 9.84 Å². The van der Waals surface area contributed by atoms with E-state index >= 15 is 0 Å². The standard InChI is InChI=1S/C18H22N4O5S/c1-5-27-17-14(26-3)7-6-12(20-17)13(10-28(4,24)25)22-16-15(21-18(22)23)11(2)8-9-19-16/h6-9,13H,5,10H2,1-4H3,(H,21,23). The number of aromatic amines is 1. The fourth-order valence-electron chi connectivity index (χ4n) is 3.04. The molecule has 0 radical (unpaired) electrons. The van der Waals surface area contributed by atoms with E-state index < -0.39 is 21.6 Å². The Morgan fingerprint density at radius 2 is 2.04 bits per heavy atom. The highest BCUT2D eigenvalue weighted by Gasteiger charge is 2.27. The van der Waals surface area contributed by atoms with Gasteiger partial charge >= 0.3 is 5.69 Å². The number of nitrogens with one attached hydrogen (secondary N) is 1. The van der Waals surface area contributed by atoms with Crippen molar-refractivity contribution >= 4 is 21.0 Å². The van der Waals surface area contributed by atoms with E-state index in [9.17, 15) is 13.2 Å². The number of sulfone groups is 1. The van der Waals surface area contributed by atoms with Crippen molar-refractivity contribution in [2.45, 2.75) is 19.9 Å². The maximum Gasteiger partial charge on any atom is 0.328 e. The summed E-state index contributed by atoms with van der Waals surface area (Å²) in [5.74, 6) is 0.336. The number of pyridine rings is 2. The number of fused-ring (bicyclic) bond motifs is 1.